The number of carbonyl (C=O) groups excluding carboxylic acids is 1. The second-order valence-corrected chi connectivity index (χ2v) is 6.13. The molecule has 1 fully saturated rings. The first-order valence-electron chi connectivity index (χ1n) is 8.48. The molecule has 0 aromatic heterocycles. The Labute approximate surface area is 151 Å². The van der Waals surface area contributed by atoms with Crippen molar-refractivity contribution >= 4 is 23.0 Å². The van der Waals surface area contributed by atoms with Crippen molar-refractivity contribution in [2.75, 3.05) is 41.8 Å². The summed E-state index contributed by atoms with van der Waals surface area (Å²) >= 11 is 0. The van der Waals surface area contributed by atoms with E-state index in [1.165, 1.54) is 6.07 Å². The molecule has 1 saturated heterocycles. The van der Waals surface area contributed by atoms with Gasteiger partial charge in [0.1, 0.15) is 6.04 Å². The fourth-order valence-corrected chi connectivity index (χ4v) is 2.73. The van der Waals surface area contributed by atoms with Crippen molar-refractivity contribution < 1.29 is 18.3 Å². The summed E-state index contributed by atoms with van der Waals surface area (Å²) in [4.78, 5) is 14.5. The summed E-state index contributed by atoms with van der Waals surface area (Å²) in [5.74, 6) is -2.15. The second-order valence-electron chi connectivity index (χ2n) is 6.13. The van der Waals surface area contributed by atoms with E-state index in [1.54, 1.807) is 6.92 Å². The van der Waals surface area contributed by atoms with Crippen molar-refractivity contribution in [3.05, 3.63) is 54.1 Å². The zero-order valence-corrected chi connectivity index (χ0v) is 14.5. The lowest BCUT2D eigenvalue weighted by Crippen LogP contribution is -2.36. The van der Waals surface area contributed by atoms with Crippen LogP contribution in [0.4, 0.5) is 25.8 Å². The molecule has 2 aromatic rings. The van der Waals surface area contributed by atoms with E-state index in [1.807, 2.05) is 24.3 Å². The number of rotatable bonds is 5. The summed E-state index contributed by atoms with van der Waals surface area (Å²) in [7, 11) is 0. The zero-order chi connectivity index (χ0) is 18.5. The lowest BCUT2D eigenvalue weighted by molar-refractivity contribution is -0.116. The maximum Gasteiger partial charge on any atom is 0.246 e. The fraction of sp³-hybridized carbons (Fsp3) is 0.316. The molecule has 1 unspecified atom stereocenters. The third kappa shape index (κ3) is 4.49. The number of hydrogen-bond donors (Lipinski definition) is 2. The Morgan fingerprint density at radius 2 is 1.69 bits per heavy atom. The molecule has 2 aromatic carbocycles. The summed E-state index contributed by atoms with van der Waals surface area (Å²) in [5.41, 5.74) is 2.10. The number of amides is 1. The lowest BCUT2D eigenvalue weighted by atomic mass is 10.2. The van der Waals surface area contributed by atoms with Gasteiger partial charge >= 0.3 is 0 Å². The van der Waals surface area contributed by atoms with E-state index < -0.39 is 17.7 Å². The van der Waals surface area contributed by atoms with Crippen LogP contribution in [0.1, 0.15) is 6.92 Å². The van der Waals surface area contributed by atoms with Crippen LogP contribution in [0.15, 0.2) is 42.5 Å². The number of ether oxygens (including phenoxy) is 1. The van der Waals surface area contributed by atoms with E-state index >= 15 is 0 Å². The smallest absolute Gasteiger partial charge is 0.246 e. The van der Waals surface area contributed by atoms with Gasteiger partial charge in [-0.25, -0.2) is 8.78 Å². The third-order valence-electron chi connectivity index (χ3n) is 4.21. The minimum Gasteiger partial charge on any atom is -0.378 e. The van der Waals surface area contributed by atoms with Gasteiger partial charge in [-0.3, -0.25) is 4.79 Å². The van der Waals surface area contributed by atoms with E-state index in [9.17, 15) is 13.6 Å². The van der Waals surface area contributed by atoms with Crippen LogP contribution in [-0.2, 0) is 9.53 Å². The highest BCUT2D eigenvalue weighted by molar-refractivity contribution is 5.96. The standard InChI is InChI=1S/C19H21F2N3O2/c1-13(22-15-4-7-17(20)18(21)12-15)19(25)23-14-2-5-16(6-3-14)24-8-10-26-11-9-24/h2-7,12-13,22H,8-11H2,1H3,(H,23,25). The summed E-state index contributed by atoms with van der Waals surface area (Å²) in [6.07, 6.45) is 0. The molecule has 1 amide bonds. The van der Waals surface area contributed by atoms with E-state index in [2.05, 4.69) is 15.5 Å². The molecule has 138 valence electrons. The summed E-state index contributed by atoms with van der Waals surface area (Å²) in [6.45, 7) is 4.78. The Balaban J connectivity index is 1.57. The first kappa shape index (κ1) is 18.1. The van der Waals surface area contributed by atoms with Crippen molar-refractivity contribution in [2.24, 2.45) is 0 Å². The van der Waals surface area contributed by atoms with Crippen LogP contribution in [0.25, 0.3) is 0 Å². The van der Waals surface area contributed by atoms with Gasteiger partial charge in [0.25, 0.3) is 0 Å². The largest absolute Gasteiger partial charge is 0.378 e. The molecule has 0 saturated carbocycles. The summed E-state index contributed by atoms with van der Waals surface area (Å²) < 4.78 is 31.5. The van der Waals surface area contributed by atoms with Crippen LogP contribution in [0.2, 0.25) is 0 Å². The second kappa shape index (κ2) is 8.14. The third-order valence-corrected chi connectivity index (χ3v) is 4.21. The van der Waals surface area contributed by atoms with Crippen LogP contribution < -0.4 is 15.5 Å². The van der Waals surface area contributed by atoms with Gasteiger partial charge in [0.15, 0.2) is 11.6 Å². The highest BCUT2D eigenvalue weighted by Gasteiger charge is 2.15. The predicted molar refractivity (Wildman–Crippen MR) is 97.5 cm³/mol. The Morgan fingerprint density at radius 1 is 1.04 bits per heavy atom. The first-order valence-corrected chi connectivity index (χ1v) is 8.48. The van der Waals surface area contributed by atoms with Gasteiger partial charge in [0.05, 0.1) is 13.2 Å². The predicted octanol–water partition coefficient (Wildman–Crippen LogP) is 3.24. The van der Waals surface area contributed by atoms with Crippen LogP contribution in [0, 0.1) is 11.6 Å². The number of carbonyl (C=O) groups is 1. The molecule has 2 N–H and O–H groups in total. The lowest BCUT2D eigenvalue weighted by Gasteiger charge is -2.29. The quantitative estimate of drug-likeness (QED) is 0.859. The summed E-state index contributed by atoms with van der Waals surface area (Å²) in [6, 6.07) is 10.4. The number of nitrogens with one attached hydrogen (secondary N) is 2. The fourth-order valence-electron chi connectivity index (χ4n) is 2.73. The molecular weight excluding hydrogens is 340 g/mol. The minimum atomic E-state index is -0.957. The van der Waals surface area contributed by atoms with E-state index in [0.29, 0.717) is 24.6 Å². The molecule has 0 bridgehead atoms. The van der Waals surface area contributed by atoms with Crippen LogP contribution in [-0.4, -0.2) is 38.3 Å². The normalized spacial score (nSPS) is 15.4. The number of halogens is 2. The Bertz CT molecular complexity index is 762. The maximum absolute atomic E-state index is 13.2. The highest BCUT2D eigenvalue weighted by atomic mass is 19.2. The molecule has 1 aliphatic rings. The van der Waals surface area contributed by atoms with Crippen molar-refractivity contribution in [1.82, 2.24) is 0 Å². The van der Waals surface area contributed by atoms with Gasteiger partial charge < -0.3 is 20.3 Å². The Morgan fingerprint density at radius 3 is 2.35 bits per heavy atom. The average molecular weight is 361 g/mol. The van der Waals surface area contributed by atoms with Crippen molar-refractivity contribution in [3.63, 3.8) is 0 Å². The molecule has 0 radical (unpaired) electrons. The SMILES string of the molecule is CC(Nc1ccc(F)c(F)c1)C(=O)Nc1ccc(N2CCOCC2)cc1. The monoisotopic (exact) mass is 361 g/mol. The molecular formula is C19H21F2N3O2. The first-order chi connectivity index (χ1) is 12.5. The van der Waals surface area contributed by atoms with Gasteiger partial charge in [-0.05, 0) is 43.3 Å². The molecule has 1 heterocycles. The topological polar surface area (TPSA) is 53.6 Å². The van der Waals surface area contributed by atoms with Gasteiger partial charge in [0, 0.05) is 36.2 Å². The number of nitrogens with zero attached hydrogens (tertiary/aromatic N) is 1. The molecule has 5 nitrogen and oxygen atoms in total. The molecule has 3 rings (SSSR count). The molecule has 1 aliphatic heterocycles. The molecule has 1 atom stereocenters. The summed E-state index contributed by atoms with van der Waals surface area (Å²) in [5, 5.41) is 5.66. The van der Waals surface area contributed by atoms with Crippen molar-refractivity contribution in [3.8, 4) is 0 Å². The maximum atomic E-state index is 13.2. The minimum absolute atomic E-state index is 0.270. The van der Waals surface area contributed by atoms with E-state index in [4.69, 9.17) is 4.74 Å². The Hall–Kier alpha value is -2.67. The number of hydrogen-bond acceptors (Lipinski definition) is 4. The molecule has 26 heavy (non-hydrogen) atoms. The van der Waals surface area contributed by atoms with E-state index in [0.717, 1.165) is 30.9 Å². The average Bonchev–Trinajstić information content (AvgIpc) is 2.66. The highest BCUT2D eigenvalue weighted by Crippen LogP contribution is 2.19. The van der Waals surface area contributed by atoms with Gasteiger partial charge in [-0.1, -0.05) is 0 Å². The van der Waals surface area contributed by atoms with Crippen molar-refractivity contribution in [2.45, 2.75) is 13.0 Å². The number of anilines is 3. The van der Waals surface area contributed by atoms with Crippen LogP contribution >= 0.6 is 0 Å². The number of benzene rings is 2. The number of morpholine rings is 1. The molecule has 0 aliphatic carbocycles. The van der Waals surface area contributed by atoms with Gasteiger partial charge in [-0.15, -0.1) is 0 Å². The zero-order valence-electron chi connectivity index (χ0n) is 14.5. The Kier molecular flexibility index (Phi) is 5.68. The molecule has 7 heteroatoms. The molecule has 0 spiro atoms. The van der Waals surface area contributed by atoms with Gasteiger partial charge in [-0.2, -0.15) is 0 Å². The van der Waals surface area contributed by atoms with Crippen LogP contribution in [0.5, 0.6) is 0 Å². The van der Waals surface area contributed by atoms with Gasteiger partial charge in [0.2, 0.25) is 5.91 Å². The van der Waals surface area contributed by atoms with Crippen LogP contribution in [0.3, 0.4) is 0 Å². The van der Waals surface area contributed by atoms with Crippen molar-refractivity contribution in [1.29, 1.82) is 0 Å². The van der Waals surface area contributed by atoms with E-state index in [-0.39, 0.29) is 5.91 Å².